The number of hydrogen-bond donors (Lipinski definition) is 1. The fraction of sp³-hybridized carbons (Fsp3) is 0.400. The number of anilines is 1. The predicted octanol–water partition coefficient (Wildman–Crippen LogP) is 0.502. The number of hydrogen-bond acceptors (Lipinski definition) is 4. The highest BCUT2D eigenvalue weighted by Crippen LogP contribution is 2.16. The molecule has 5 heteroatoms. The zero-order chi connectivity index (χ0) is 10.7. The summed E-state index contributed by atoms with van der Waals surface area (Å²) in [5.74, 6) is -0.0774. The van der Waals surface area contributed by atoms with Crippen molar-refractivity contribution < 1.29 is 4.39 Å². The molecule has 0 radical (unpaired) electrons. The highest BCUT2D eigenvalue weighted by Gasteiger charge is 2.15. The molecule has 1 N–H and O–H groups in total. The van der Waals surface area contributed by atoms with Crippen LogP contribution in [0, 0.1) is 17.1 Å². The van der Waals surface area contributed by atoms with Gasteiger partial charge in [0.2, 0.25) is 0 Å². The van der Waals surface area contributed by atoms with Crippen LogP contribution in [0.25, 0.3) is 0 Å². The lowest BCUT2D eigenvalue weighted by atomic mass is 10.2. The summed E-state index contributed by atoms with van der Waals surface area (Å²) in [4.78, 5) is 5.86. The minimum atomic E-state index is -0.420. The molecule has 78 valence electrons. The Balaban J connectivity index is 2.24. The Kier molecular flexibility index (Phi) is 2.79. The van der Waals surface area contributed by atoms with E-state index in [0.717, 1.165) is 26.2 Å². The van der Waals surface area contributed by atoms with E-state index in [-0.39, 0.29) is 5.56 Å². The molecule has 1 aromatic rings. The first kappa shape index (κ1) is 9.87. The van der Waals surface area contributed by atoms with Crippen molar-refractivity contribution in [2.75, 3.05) is 31.1 Å². The van der Waals surface area contributed by atoms with Crippen molar-refractivity contribution in [3.63, 3.8) is 0 Å². The van der Waals surface area contributed by atoms with Crippen molar-refractivity contribution >= 4 is 5.82 Å². The van der Waals surface area contributed by atoms with Crippen molar-refractivity contribution in [3.8, 4) is 6.07 Å². The second-order valence-corrected chi connectivity index (χ2v) is 3.38. The van der Waals surface area contributed by atoms with Crippen LogP contribution in [0.15, 0.2) is 12.3 Å². The van der Waals surface area contributed by atoms with Crippen molar-refractivity contribution in [2.24, 2.45) is 0 Å². The van der Waals surface area contributed by atoms with E-state index in [1.54, 1.807) is 0 Å². The van der Waals surface area contributed by atoms with Crippen LogP contribution in [0.1, 0.15) is 5.56 Å². The third kappa shape index (κ3) is 2.05. The number of pyridine rings is 1. The number of nitrogens with zero attached hydrogens (tertiary/aromatic N) is 3. The molecule has 2 heterocycles. The van der Waals surface area contributed by atoms with E-state index >= 15 is 0 Å². The van der Waals surface area contributed by atoms with Gasteiger partial charge in [-0.1, -0.05) is 0 Å². The Morgan fingerprint density at radius 1 is 1.47 bits per heavy atom. The monoisotopic (exact) mass is 206 g/mol. The minimum Gasteiger partial charge on any atom is -0.352 e. The molecule has 1 aliphatic heterocycles. The van der Waals surface area contributed by atoms with E-state index in [9.17, 15) is 4.39 Å². The maximum absolute atomic E-state index is 13.5. The molecular weight excluding hydrogens is 195 g/mol. The molecule has 2 rings (SSSR count). The molecule has 0 saturated carbocycles. The van der Waals surface area contributed by atoms with Gasteiger partial charge in [-0.15, -0.1) is 0 Å². The van der Waals surface area contributed by atoms with Gasteiger partial charge in [-0.25, -0.2) is 9.37 Å². The number of halogens is 1. The molecule has 0 atom stereocenters. The predicted molar refractivity (Wildman–Crippen MR) is 54.0 cm³/mol. The maximum Gasteiger partial charge on any atom is 0.166 e. The normalized spacial score (nSPS) is 16.1. The van der Waals surface area contributed by atoms with Gasteiger partial charge in [0, 0.05) is 32.4 Å². The summed E-state index contributed by atoms with van der Waals surface area (Å²) < 4.78 is 13.5. The smallest absolute Gasteiger partial charge is 0.166 e. The van der Waals surface area contributed by atoms with Gasteiger partial charge in [-0.05, 0) is 6.07 Å². The van der Waals surface area contributed by atoms with Gasteiger partial charge in [0.1, 0.15) is 6.07 Å². The number of nitriles is 1. The average molecular weight is 206 g/mol. The van der Waals surface area contributed by atoms with Crippen LogP contribution in [0.5, 0.6) is 0 Å². The molecule has 0 unspecified atom stereocenters. The molecule has 1 saturated heterocycles. The van der Waals surface area contributed by atoms with Crippen molar-refractivity contribution in [1.82, 2.24) is 10.3 Å². The first-order chi connectivity index (χ1) is 7.31. The second kappa shape index (κ2) is 4.24. The Morgan fingerprint density at radius 3 is 2.80 bits per heavy atom. The molecule has 0 aromatic carbocycles. The number of aromatic nitrogens is 1. The highest BCUT2D eigenvalue weighted by molar-refractivity contribution is 5.43. The lowest BCUT2D eigenvalue weighted by Crippen LogP contribution is -2.44. The zero-order valence-electron chi connectivity index (χ0n) is 8.20. The SMILES string of the molecule is N#Cc1cnc(N2CCNCC2)c(F)c1. The molecule has 0 spiro atoms. The molecule has 0 aliphatic carbocycles. The Hall–Kier alpha value is -1.67. The molecule has 4 nitrogen and oxygen atoms in total. The summed E-state index contributed by atoms with van der Waals surface area (Å²) in [7, 11) is 0. The largest absolute Gasteiger partial charge is 0.352 e. The number of piperazine rings is 1. The standard InChI is InChI=1S/C10H11FN4/c11-9-5-8(6-12)7-14-10(9)15-3-1-13-2-4-15/h5,7,13H,1-4H2. The van der Waals surface area contributed by atoms with E-state index in [2.05, 4.69) is 10.3 Å². The van der Waals surface area contributed by atoms with Gasteiger partial charge in [-0.2, -0.15) is 5.26 Å². The molecular formula is C10H11FN4. The first-order valence-corrected chi connectivity index (χ1v) is 4.82. The maximum atomic E-state index is 13.5. The molecule has 0 amide bonds. The van der Waals surface area contributed by atoms with Crippen LogP contribution in [-0.4, -0.2) is 31.2 Å². The van der Waals surface area contributed by atoms with Gasteiger partial charge in [0.15, 0.2) is 11.6 Å². The molecule has 1 aromatic heterocycles. The van der Waals surface area contributed by atoms with Crippen LogP contribution in [0.3, 0.4) is 0 Å². The Morgan fingerprint density at radius 2 is 2.20 bits per heavy atom. The summed E-state index contributed by atoms with van der Waals surface area (Å²) in [5.41, 5.74) is 0.256. The van der Waals surface area contributed by atoms with Crippen LogP contribution in [0.4, 0.5) is 10.2 Å². The van der Waals surface area contributed by atoms with Gasteiger partial charge in [-0.3, -0.25) is 0 Å². The highest BCUT2D eigenvalue weighted by atomic mass is 19.1. The lowest BCUT2D eigenvalue weighted by Gasteiger charge is -2.28. The average Bonchev–Trinajstić information content (AvgIpc) is 2.30. The van der Waals surface area contributed by atoms with Crippen LogP contribution in [-0.2, 0) is 0 Å². The van der Waals surface area contributed by atoms with Crippen molar-refractivity contribution in [2.45, 2.75) is 0 Å². The van der Waals surface area contributed by atoms with Crippen LogP contribution in [0.2, 0.25) is 0 Å². The quantitative estimate of drug-likeness (QED) is 0.727. The summed E-state index contributed by atoms with van der Waals surface area (Å²) in [5, 5.41) is 11.8. The fourth-order valence-corrected chi connectivity index (χ4v) is 1.60. The van der Waals surface area contributed by atoms with E-state index < -0.39 is 5.82 Å². The molecule has 1 fully saturated rings. The van der Waals surface area contributed by atoms with Gasteiger partial charge in [0.25, 0.3) is 0 Å². The third-order valence-corrected chi connectivity index (χ3v) is 2.37. The van der Waals surface area contributed by atoms with Gasteiger partial charge < -0.3 is 10.2 Å². The first-order valence-electron chi connectivity index (χ1n) is 4.82. The number of rotatable bonds is 1. The van der Waals surface area contributed by atoms with Crippen LogP contribution < -0.4 is 10.2 Å². The van der Waals surface area contributed by atoms with E-state index in [4.69, 9.17) is 5.26 Å². The molecule has 1 aliphatic rings. The van der Waals surface area contributed by atoms with Crippen LogP contribution >= 0.6 is 0 Å². The molecule has 15 heavy (non-hydrogen) atoms. The Labute approximate surface area is 87.3 Å². The summed E-state index contributed by atoms with van der Waals surface area (Å²) >= 11 is 0. The van der Waals surface area contributed by atoms with Gasteiger partial charge in [0.05, 0.1) is 5.56 Å². The van der Waals surface area contributed by atoms with E-state index in [1.807, 2.05) is 11.0 Å². The van der Waals surface area contributed by atoms with Crippen molar-refractivity contribution in [1.29, 1.82) is 5.26 Å². The number of nitrogens with one attached hydrogen (secondary N) is 1. The fourth-order valence-electron chi connectivity index (χ4n) is 1.60. The second-order valence-electron chi connectivity index (χ2n) is 3.38. The lowest BCUT2D eigenvalue weighted by molar-refractivity contribution is 0.558. The third-order valence-electron chi connectivity index (χ3n) is 2.37. The summed E-state index contributed by atoms with van der Waals surface area (Å²) in [6.45, 7) is 3.16. The minimum absolute atomic E-state index is 0.256. The molecule has 0 bridgehead atoms. The summed E-state index contributed by atoms with van der Waals surface area (Å²) in [6, 6.07) is 3.09. The topological polar surface area (TPSA) is 52.0 Å². The van der Waals surface area contributed by atoms with Gasteiger partial charge >= 0.3 is 0 Å². The summed E-state index contributed by atoms with van der Waals surface area (Å²) in [6.07, 6.45) is 1.40. The van der Waals surface area contributed by atoms with E-state index in [1.165, 1.54) is 12.3 Å². The van der Waals surface area contributed by atoms with Crippen molar-refractivity contribution in [3.05, 3.63) is 23.6 Å². The van der Waals surface area contributed by atoms with E-state index in [0.29, 0.717) is 5.82 Å². The zero-order valence-corrected chi connectivity index (χ0v) is 8.20. The Bertz CT molecular complexity index is 393.